The van der Waals surface area contributed by atoms with Gasteiger partial charge in [0, 0.05) is 37.8 Å². The zero-order valence-electron chi connectivity index (χ0n) is 17.0. The topological polar surface area (TPSA) is 37.8 Å². The van der Waals surface area contributed by atoms with Crippen molar-refractivity contribution in [3.05, 3.63) is 35.5 Å². The summed E-state index contributed by atoms with van der Waals surface area (Å²) in [6.07, 6.45) is 4.27. The average molecular weight is 372 g/mol. The van der Waals surface area contributed by atoms with Gasteiger partial charge in [0.1, 0.15) is 18.0 Å². The van der Waals surface area contributed by atoms with Crippen molar-refractivity contribution in [3.8, 4) is 5.75 Å². The summed E-state index contributed by atoms with van der Waals surface area (Å²) in [7, 11) is 0. The van der Waals surface area contributed by atoms with Gasteiger partial charge in [0.2, 0.25) is 0 Å². The molecule has 0 N–H and O–H groups in total. The molecule has 1 aromatic heterocycles. The Morgan fingerprint density at radius 1 is 1.26 bits per heavy atom. The molecule has 148 valence electrons. The summed E-state index contributed by atoms with van der Waals surface area (Å²) in [5.74, 6) is 0.922. The fourth-order valence-corrected chi connectivity index (χ4v) is 3.60. The minimum atomic E-state index is 0.617. The maximum Gasteiger partial charge on any atom is 0.150 e. The second-order valence-corrected chi connectivity index (χ2v) is 7.31. The Bertz CT molecular complexity index is 729. The van der Waals surface area contributed by atoms with E-state index in [1.54, 1.807) is 0 Å². The summed E-state index contributed by atoms with van der Waals surface area (Å²) < 4.78 is 11.8. The van der Waals surface area contributed by atoms with Gasteiger partial charge in [-0.05, 0) is 37.1 Å². The summed E-state index contributed by atoms with van der Waals surface area (Å²) in [4.78, 5) is 9.47. The number of unbranched alkanes of at least 4 members (excludes halogenated alkanes) is 1. The minimum Gasteiger partial charge on any atom is -0.476 e. The Morgan fingerprint density at radius 2 is 2.07 bits per heavy atom. The van der Waals surface area contributed by atoms with Crippen LogP contribution in [-0.4, -0.2) is 60.9 Å². The first kappa shape index (κ1) is 20.1. The van der Waals surface area contributed by atoms with E-state index in [9.17, 15) is 0 Å². The van der Waals surface area contributed by atoms with E-state index in [-0.39, 0.29) is 0 Å². The van der Waals surface area contributed by atoms with Gasteiger partial charge < -0.3 is 9.47 Å². The lowest BCUT2D eigenvalue weighted by atomic mass is 10.0. The third kappa shape index (κ3) is 5.18. The van der Waals surface area contributed by atoms with Crippen LogP contribution in [0.25, 0.3) is 10.9 Å². The second kappa shape index (κ2) is 10.0. The fourth-order valence-electron chi connectivity index (χ4n) is 3.60. The van der Waals surface area contributed by atoms with Crippen molar-refractivity contribution < 1.29 is 9.47 Å². The highest BCUT2D eigenvalue weighted by atomic mass is 16.5. The van der Waals surface area contributed by atoms with Crippen LogP contribution in [0.15, 0.2) is 24.4 Å². The Hall–Kier alpha value is -1.69. The number of rotatable bonds is 9. The van der Waals surface area contributed by atoms with E-state index in [0.29, 0.717) is 6.73 Å². The average Bonchev–Trinajstić information content (AvgIpc) is 2.70. The van der Waals surface area contributed by atoms with Crippen molar-refractivity contribution in [2.45, 2.75) is 40.2 Å². The number of nitrogens with zero attached hydrogens (tertiary/aromatic N) is 3. The molecule has 2 aromatic rings. The quantitative estimate of drug-likeness (QED) is 0.626. The molecule has 5 nitrogen and oxygen atoms in total. The number of pyridine rings is 1. The number of benzene rings is 1. The van der Waals surface area contributed by atoms with E-state index in [2.05, 4.69) is 47.7 Å². The molecular weight excluding hydrogens is 338 g/mol. The smallest absolute Gasteiger partial charge is 0.150 e. The Balaban J connectivity index is 1.81. The lowest BCUT2D eigenvalue weighted by molar-refractivity contribution is 0.0343. The van der Waals surface area contributed by atoms with Crippen LogP contribution in [0, 0.1) is 6.92 Å². The van der Waals surface area contributed by atoms with E-state index in [4.69, 9.17) is 9.47 Å². The molecule has 0 aliphatic carbocycles. The number of hydrogen-bond acceptors (Lipinski definition) is 5. The highest BCUT2D eigenvalue weighted by Crippen LogP contribution is 2.31. The zero-order valence-corrected chi connectivity index (χ0v) is 17.0. The molecule has 1 aromatic carbocycles. The van der Waals surface area contributed by atoms with Gasteiger partial charge in [-0.3, -0.25) is 14.8 Å². The molecule has 5 heteroatoms. The van der Waals surface area contributed by atoms with Gasteiger partial charge in [0.25, 0.3) is 0 Å². The molecule has 0 saturated carbocycles. The molecule has 3 rings (SSSR count). The maximum absolute atomic E-state index is 6.27. The molecule has 1 saturated heterocycles. The van der Waals surface area contributed by atoms with Gasteiger partial charge in [-0.25, -0.2) is 0 Å². The number of aryl methyl sites for hydroxylation is 1. The van der Waals surface area contributed by atoms with Crippen molar-refractivity contribution in [2.75, 3.05) is 46.1 Å². The molecular formula is C22H33N3O2. The Kier molecular flexibility index (Phi) is 7.44. The Morgan fingerprint density at radius 3 is 2.81 bits per heavy atom. The number of ether oxygens (including phenoxy) is 2. The van der Waals surface area contributed by atoms with E-state index >= 15 is 0 Å². The lowest BCUT2D eigenvalue weighted by Gasteiger charge is -2.27. The summed E-state index contributed by atoms with van der Waals surface area (Å²) >= 11 is 0. The van der Waals surface area contributed by atoms with Crippen molar-refractivity contribution in [1.29, 1.82) is 0 Å². The van der Waals surface area contributed by atoms with Gasteiger partial charge in [0.05, 0.1) is 13.2 Å². The van der Waals surface area contributed by atoms with Crippen molar-refractivity contribution in [2.24, 2.45) is 0 Å². The Labute approximate surface area is 163 Å². The zero-order chi connectivity index (χ0) is 19.1. The standard InChI is InChI=1S/C22H33N3O2/c1-4-6-10-24(5-2)17-27-22-18(3)15-19(16-25-11-13-26-14-12-25)20-8-7-9-23-21(20)22/h7-9,15H,4-6,10-14,16-17H2,1-3H3. The van der Waals surface area contributed by atoms with Crippen LogP contribution < -0.4 is 4.74 Å². The SMILES string of the molecule is CCCCN(CC)COc1c(C)cc(CN2CCOCC2)c2cccnc12. The fraction of sp³-hybridized carbons (Fsp3) is 0.591. The molecule has 1 fully saturated rings. The van der Waals surface area contributed by atoms with Gasteiger partial charge >= 0.3 is 0 Å². The number of morpholine rings is 1. The van der Waals surface area contributed by atoms with E-state index in [1.807, 2.05) is 12.3 Å². The van der Waals surface area contributed by atoms with Gasteiger partial charge in [-0.1, -0.05) is 32.4 Å². The largest absolute Gasteiger partial charge is 0.476 e. The molecule has 0 unspecified atom stereocenters. The summed E-state index contributed by atoms with van der Waals surface area (Å²) in [6.45, 7) is 13.8. The van der Waals surface area contributed by atoms with Gasteiger partial charge in [-0.15, -0.1) is 0 Å². The molecule has 2 heterocycles. The molecule has 0 spiro atoms. The van der Waals surface area contributed by atoms with Crippen molar-refractivity contribution >= 4 is 10.9 Å². The molecule has 1 aliphatic rings. The van der Waals surface area contributed by atoms with E-state index in [0.717, 1.165) is 62.8 Å². The second-order valence-electron chi connectivity index (χ2n) is 7.31. The summed E-state index contributed by atoms with van der Waals surface area (Å²) in [6, 6.07) is 6.46. The summed E-state index contributed by atoms with van der Waals surface area (Å²) in [5.41, 5.74) is 3.46. The first-order valence-corrected chi connectivity index (χ1v) is 10.2. The normalized spacial score (nSPS) is 15.6. The first-order chi connectivity index (χ1) is 13.2. The van der Waals surface area contributed by atoms with Crippen LogP contribution in [0.5, 0.6) is 5.75 Å². The van der Waals surface area contributed by atoms with Crippen LogP contribution in [0.1, 0.15) is 37.8 Å². The monoisotopic (exact) mass is 371 g/mol. The van der Waals surface area contributed by atoms with Crippen LogP contribution in [-0.2, 0) is 11.3 Å². The van der Waals surface area contributed by atoms with E-state index in [1.165, 1.54) is 23.8 Å². The van der Waals surface area contributed by atoms with Crippen molar-refractivity contribution in [3.63, 3.8) is 0 Å². The lowest BCUT2D eigenvalue weighted by Crippen LogP contribution is -2.35. The first-order valence-electron chi connectivity index (χ1n) is 10.2. The summed E-state index contributed by atoms with van der Waals surface area (Å²) in [5, 5.41) is 1.20. The minimum absolute atomic E-state index is 0.617. The third-order valence-electron chi connectivity index (χ3n) is 5.28. The van der Waals surface area contributed by atoms with Crippen LogP contribution in [0.4, 0.5) is 0 Å². The predicted octanol–water partition coefficient (Wildman–Crippen LogP) is 3.83. The predicted molar refractivity (Wildman–Crippen MR) is 110 cm³/mol. The highest BCUT2D eigenvalue weighted by molar-refractivity contribution is 5.88. The molecule has 1 aliphatic heterocycles. The molecule has 0 amide bonds. The number of hydrogen-bond donors (Lipinski definition) is 0. The molecule has 0 radical (unpaired) electrons. The number of fused-ring (bicyclic) bond motifs is 1. The molecule has 0 bridgehead atoms. The van der Waals surface area contributed by atoms with E-state index < -0.39 is 0 Å². The van der Waals surface area contributed by atoms with Gasteiger partial charge in [0.15, 0.2) is 0 Å². The number of aromatic nitrogens is 1. The maximum atomic E-state index is 6.27. The highest BCUT2D eigenvalue weighted by Gasteiger charge is 2.17. The third-order valence-corrected chi connectivity index (χ3v) is 5.28. The van der Waals surface area contributed by atoms with Crippen molar-refractivity contribution in [1.82, 2.24) is 14.8 Å². The van der Waals surface area contributed by atoms with Crippen LogP contribution in [0.2, 0.25) is 0 Å². The molecule has 27 heavy (non-hydrogen) atoms. The van der Waals surface area contributed by atoms with Crippen LogP contribution in [0.3, 0.4) is 0 Å². The van der Waals surface area contributed by atoms with Gasteiger partial charge in [-0.2, -0.15) is 0 Å². The van der Waals surface area contributed by atoms with Crippen LogP contribution >= 0.6 is 0 Å². The molecule has 0 atom stereocenters.